The highest BCUT2D eigenvalue weighted by molar-refractivity contribution is 6.88. The zero-order chi connectivity index (χ0) is 27.8. The first-order chi connectivity index (χ1) is 19.6. The van der Waals surface area contributed by atoms with E-state index in [0.29, 0.717) is 11.1 Å². The zero-order valence-corrected chi connectivity index (χ0v) is 23.5. The van der Waals surface area contributed by atoms with Gasteiger partial charge in [-0.1, -0.05) is 63.1 Å². The number of aryl methyl sites for hydroxylation is 2. The van der Waals surface area contributed by atoms with Crippen LogP contribution in [-0.4, -0.2) is 18.4 Å². The van der Waals surface area contributed by atoms with Gasteiger partial charge in [-0.3, -0.25) is 0 Å². The Morgan fingerprint density at radius 1 is 0.675 bits per heavy atom. The summed E-state index contributed by atoms with van der Waals surface area (Å²) in [5.41, 5.74) is 10.2. The number of aromatic nitrogens is 1. The van der Waals surface area contributed by atoms with Crippen molar-refractivity contribution in [2.45, 2.75) is 52.4 Å². The average molecular weight is 520 g/mol. The van der Waals surface area contributed by atoms with Gasteiger partial charge >= 0.3 is 6.85 Å². The highest BCUT2D eigenvalue weighted by atomic mass is 15.1. The fraction of sp³-hybridized carbons (Fsp3) is 0.257. The van der Waals surface area contributed by atoms with Crippen LogP contribution in [0.5, 0.6) is 0 Å². The Bertz CT molecular complexity index is 1700. The molecule has 40 heavy (non-hydrogen) atoms. The maximum absolute atomic E-state index is 10.5. The SMILES string of the molecule is CCCCc1cc(C#N)c2c(c1)c1cc(CCCC)cc(C#N)c1n2B1c2ccccc2N(C)c2ccccc21. The van der Waals surface area contributed by atoms with Crippen LogP contribution < -0.4 is 15.8 Å². The second-order valence-electron chi connectivity index (χ2n) is 11.0. The molecule has 1 aliphatic rings. The molecule has 0 saturated heterocycles. The summed E-state index contributed by atoms with van der Waals surface area (Å²) in [6.45, 7) is 4.22. The smallest absolute Gasteiger partial charge is 0.332 e. The van der Waals surface area contributed by atoms with Gasteiger partial charge < -0.3 is 9.38 Å². The van der Waals surface area contributed by atoms with Gasteiger partial charge in [0.05, 0.1) is 22.2 Å². The molecule has 2 heterocycles. The van der Waals surface area contributed by atoms with Gasteiger partial charge in [-0.25, -0.2) is 0 Å². The lowest BCUT2D eigenvalue weighted by Crippen LogP contribution is -2.54. The number of nitriles is 2. The molecule has 0 fully saturated rings. The summed E-state index contributed by atoms with van der Waals surface area (Å²) in [6.07, 6.45) is 6.24. The molecular formula is C35H33BN4. The Hall–Kier alpha value is -4.48. The van der Waals surface area contributed by atoms with Crippen molar-refractivity contribution < 1.29 is 0 Å². The normalized spacial score (nSPS) is 12.3. The third kappa shape index (κ3) is 4.05. The Balaban J connectivity index is 1.78. The fourth-order valence-corrected chi connectivity index (χ4v) is 6.53. The summed E-state index contributed by atoms with van der Waals surface area (Å²) in [4.78, 5) is 2.25. The van der Waals surface area contributed by atoms with Crippen molar-refractivity contribution in [2.24, 2.45) is 0 Å². The van der Waals surface area contributed by atoms with Gasteiger partial charge in [0.25, 0.3) is 0 Å². The number of hydrogen-bond donors (Lipinski definition) is 0. The molecule has 6 rings (SSSR count). The van der Waals surface area contributed by atoms with Crippen molar-refractivity contribution >= 4 is 51.0 Å². The van der Waals surface area contributed by atoms with E-state index in [9.17, 15) is 10.5 Å². The maximum Gasteiger partial charge on any atom is 0.332 e. The molecule has 0 spiro atoms. The van der Waals surface area contributed by atoms with Crippen LogP contribution in [0.2, 0.25) is 0 Å². The van der Waals surface area contributed by atoms with Crippen LogP contribution in [0, 0.1) is 22.7 Å². The molecule has 4 nitrogen and oxygen atoms in total. The Kier molecular flexibility index (Phi) is 6.83. The number of unbranched alkanes of at least 4 members (excludes halogenated alkanes) is 2. The van der Waals surface area contributed by atoms with E-state index < -0.39 is 0 Å². The second kappa shape index (κ2) is 10.6. The minimum atomic E-state index is -0.175. The molecule has 4 aromatic carbocycles. The number of fused-ring (bicyclic) bond motifs is 5. The van der Waals surface area contributed by atoms with Gasteiger partial charge in [0.1, 0.15) is 12.1 Å². The van der Waals surface area contributed by atoms with Gasteiger partial charge in [-0.2, -0.15) is 10.5 Å². The highest BCUT2D eigenvalue weighted by Crippen LogP contribution is 2.38. The molecule has 0 amide bonds. The van der Waals surface area contributed by atoms with Gasteiger partial charge in [-0.15, -0.1) is 0 Å². The first kappa shape index (κ1) is 25.8. The number of anilines is 2. The third-order valence-corrected chi connectivity index (χ3v) is 8.43. The molecule has 0 atom stereocenters. The molecule has 0 N–H and O–H groups in total. The summed E-state index contributed by atoms with van der Waals surface area (Å²) in [6, 6.07) is 30.8. The minimum absolute atomic E-state index is 0.175. The van der Waals surface area contributed by atoms with Gasteiger partial charge in [0.15, 0.2) is 0 Å². The standard InChI is InChI=1S/C35H33BN4/c1-4-6-12-24-18-26(22-37)34-28(20-24)29-21-25(13-7-5-2)19-27(23-38)35(29)40(34)36-30-14-8-10-16-32(30)39(3)33-17-11-9-15-31(33)36/h8-11,14-21H,4-7,12-13H2,1-3H3. The van der Waals surface area contributed by atoms with E-state index in [0.717, 1.165) is 71.7 Å². The molecule has 0 unspecified atom stereocenters. The first-order valence-electron chi connectivity index (χ1n) is 14.5. The second-order valence-corrected chi connectivity index (χ2v) is 11.0. The number of rotatable bonds is 7. The van der Waals surface area contributed by atoms with E-state index in [1.165, 1.54) is 22.1 Å². The minimum Gasteiger partial charge on any atom is -0.374 e. The van der Waals surface area contributed by atoms with Crippen LogP contribution in [0.3, 0.4) is 0 Å². The number of benzene rings is 4. The highest BCUT2D eigenvalue weighted by Gasteiger charge is 2.37. The van der Waals surface area contributed by atoms with Crippen LogP contribution >= 0.6 is 0 Å². The van der Waals surface area contributed by atoms with E-state index in [2.05, 4.69) is 115 Å². The molecule has 5 aromatic rings. The topological polar surface area (TPSA) is 55.8 Å². The molecule has 1 aromatic heterocycles. The summed E-state index contributed by atoms with van der Waals surface area (Å²) >= 11 is 0. The van der Waals surface area contributed by atoms with Crippen molar-refractivity contribution in [3.05, 3.63) is 95.1 Å². The van der Waals surface area contributed by atoms with Gasteiger partial charge in [-0.05, 0) is 84.1 Å². The van der Waals surface area contributed by atoms with E-state index >= 15 is 0 Å². The summed E-state index contributed by atoms with van der Waals surface area (Å²) < 4.78 is 2.31. The van der Waals surface area contributed by atoms with Crippen molar-refractivity contribution in [1.82, 2.24) is 4.48 Å². The maximum atomic E-state index is 10.5. The van der Waals surface area contributed by atoms with Crippen LogP contribution in [0.15, 0.2) is 72.8 Å². The number of para-hydroxylation sites is 2. The van der Waals surface area contributed by atoms with Crippen molar-refractivity contribution in [3.63, 3.8) is 0 Å². The fourth-order valence-electron chi connectivity index (χ4n) is 6.53. The number of nitrogens with zero attached hydrogens (tertiary/aromatic N) is 4. The van der Waals surface area contributed by atoms with E-state index in [1.54, 1.807) is 0 Å². The lowest BCUT2D eigenvalue weighted by molar-refractivity contribution is 0.795. The quantitative estimate of drug-likeness (QED) is 0.218. The Morgan fingerprint density at radius 3 is 1.55 bits per heavy atom. The summed E-state index contributed by atoms with van der Waals surface area (Å²) in [7, 11) is 2.11. The molecule has 196 valence electrons. The first-order valence-corrected chi connectivity index (χ1v) is 14.5. The predicted molar refractivity (Wildman–Crippen MR) is 167 cm³/mol. The van der Waals surface area contributed by atoms with Crippen LogP contribution in [-0.2, 0) is 12.8 Å². The Morgan fingerprint density at radius 2 is 1.12 bits per heavy atom. The number of hydrogen-bond acceptors (Lipinski definition) is 3. The van der Waals surface area contributed by atoms with Crippen LogP contribution in [0.25, 0.3) is 21.8 Å². The molecule has 5 heteroatoms. The van der Waals surface area contributed by atoms with Crippen molar-refractivity contribution in [1.29, 1.82) is 10.5 Å². The molecule has 0 aliphatic carbocycles. The summed E-state index contributed by atoms with van der Waals surface area (Å²) in [5, 5.41) is 23.2. The zero-order valence-electron chi connectivity index (χ0n) is 23.5. The predicted octanol–water partition coefficient (Wildman–Crippen LogP) is 6.96. The van der Waals surface area contributed by atoms with Gasteiger partial charge in [0.2, 0.25) is 0 Å². The monoisotopic (exact) mass is 520 g/mol. The van der Waals surface area contributed by atoms with E-state index in [-0.39, 0.29) is 6.85 Å². The largest absolute Gasteiger partial charge is 0.374 e. The molecule has 0 radical (unpaired) electrons. The molecular weight excluding hydrogens is 487 g/mol. The third-order valence-electron chi connectivity index (χ3n) is 8.43. The lowest BCUT2D eigenvalue weighted by atomic mass is 9.47. The van der Waals surface area contributed by atoms with Crippen molar-refractivity contribution in [2.75, 3.05) is 11.9 Å². The molecule has 0 saturated carbocycles. The van der Waals surface area contributed by atoms with Crippen molar-refractivity contribution in [3.8, 4) is 12.1 Å². The molecule has 0 bridgehead atoms. The average Bonchev–Trinajstić information content (AvgIpc) is 3.32. The molecule has 1 aliphatic heterocycles. The van der Waals surface area contributed by atoms with Gasteiger partial charge in [0, 0.05) is 29.2 Å². The van der Waals surface area contributed by atoms with Crippen LogP contribution in [0.4, 0.5) is 11.4 Å². The summed E-state index contributed by atoms with van der Waals surface area (Å²) in [5.74, 6) is 0. The van der Waals surface area contributed by atoms with E-state index in [1.807, 2.05) is 0 Å². The van der Waals surface area contributed by atoms with E-state index in [4.69, 9.17) is 0 Å². The Labute approximate surface area is 237 Å². The lowest BCUT2D eigenvalue weighted by Gasteiger charge is -2.35. The van der Waals surface area contributed by atoms with Crippen LogP contribution in [0.1, 0.15) is 61.8 Å².